The number of nitrogens with zero attached hydrogens (tertiary/aromatic N) is 1. The van der Waals surface area contributed by atoms with Crippen molar-refractivity contribution in [3.8, 4) is 0 Å². The number of amides is 1. The first-order valence-corrected chi connectivity index (χ1v) is 14.9. The van der Waals surface area contributed by atoms with Crippen LogP contribution < -0.4 is 10.4 Å². The summed E-state index contributed by atoms with van der Waals surface area (Å²) in [5.74, 6) is -0.768. The number of methoxy groups -OCH3 is 1. The second-order valence-electron chi connectivity index (χ2n) is 10.8. The molecule has 1 aliphatic rings. The number of esters is 1. The van der Waals surface area contributed by atoms with E-state index in [0.717, 1.165) is 15.9 Å². The molecule has 0 N–H and O–H groups in total. The molecule has 3 atom stereocenters. The number of hydrogen-bond donors (Lipinski definition) is 0. The third kappa shape index (κ3) is 5.40. The Kier molecular flexibility index (Phi) is 8.38. The van der Waals surface area contributed by atoms with E-state index in [1.165, 1.54) is 12.0 Å². The summed E-state index contributed by atoms with van der Waals surface area (Å²) in [7, 11) is -1.55. The summed E-state index contributed by atoms with van der Waals surface area (Å²) in [6.45, 7) is 8.94. The van der Waals surface area contributed by atoms with E-state index in [2.05, 4.69) is 45.0 Å². The molecule has 0 unspecified atom stereocenters. The molecule has 1 fully saturated rings. The van der Waals surface area contributed by atoms with Gasteiger partial charge in [0.05, 0.1) is 19.8 Å². The molecule has 0 aliphatic carbocycles. The highest BCUT2D eigenvalue weighted by Crippen LogP contribution is 2.40. The second-order valence-corrected chi connectivity index (χ2v) is 15.1. The molecule has 3 aromatic rings. The summed E-state index contributed by atoms with van der Waals surface area (Å²) in [4.78, 5) is 27.7. The van der Waals surface area contributed by atoms with Crippen molar-refractivity contribution in [1.29, 1.82) is 0 Å². The topological polar surface area (TPSA) is 65.1 Å². The van der Waals surface area contributed by atoms with Crippen LogP contribution >= 0.6 is 0 Å². The quantitative estimate of drug-likeness (QED) is 0.325. The van der Waals surface area contributed by atoms with Gasteiger partial charge >= 0.3 is 12.1 Å². The van der Waals surface area contributed by atoms with Crippen LogP contribution in [0.5, 0.6) is 0 Å². The highest BCUT2D eigenvalue weighted by atomic mass is 28.4. The number of ether oxygens (including phenoxy) is 2. The van der Waals surface area contributed by atoms with Gasteiger partial charge in [0, 0.05) is 5.92 Å². The Morgan fingerprint density at radius 2 is 1.37 bits per heavy atom. The molecule has 200 valence electrons. The van der Waals surface area contributed by atoms with Crippen LogP contribution in [0, 0.1) is 5.92 Å². The van der Waals surface area contributed by atoms with Gasteiger partial charge < -0.3 is 13.9 Å². The van der Waals surface area contributed by atoms with Crippen molar-refractivity contribution >= 4 is 30.8 Å². The summed E-state index contributed by atoms with van der Waals surface area (Å²) in [5, 5.41) is 2.05. The maximum atomic E-state index is 13.3. The zero-order chi connectivity index (χ0) is 27.3. The van der Waals surface area contributed by atoms with Crippen molar-refractivity contribution in [2.24, 2.45) is 5.92 Å². The van der Waals surface area contributed by atoms with Crippen LogP contribution in [0.15, 0.2) is 91.0 Å². The highest BCUT2D eigenvalue weighted by molar-refractivity contribution is 6.99. The Balaban J connectivity index is 1.70. The van der Waals surface area contributed by atoms with Gasteiger partial charge in [0.15, 0.2) is 0 Å². The van der Waals surface area contributed by atoms with Gasteiger partial charge in [0.1, 0.15) is 12.6 Å². The number of carbonyl (C=O) groups excluding carboxylic acids is 2. The van der Waals surface area contributed by atoms with E-state index in [9.17, 15) is 9.59 Å². The molecule has 1 heterocycles. The second kappa shape index (κ2) is 11.5. The first kappa shape index (κ1) is 27.6. The Morgan fingerprint density at radius 1 is 0.868 bits per heavy atom. The summed E-state index contributed by atoms with van der Waals surface area (Å²) in [6.07, 6.45) is -0.945. The Morgan fingerprint density at radius 3 is 1.84 bits per heavy atom. The molecule has 6 nitrogen and oxygen atoms in total. The number of rotatable bonds is 7. The lowest BCUT2D eigenvalue weighted by Gasteiger charge is -2.45. The van der Waals surface area contributed by atoms with E-state index in [0.29, 0.717) is 0 Å². The molecule has 0 aromatic heterocycles. The monoisotopic (exact) mass is 531 g/mol. The van der Waals surface area contributed by atoms with Crippen LogP contribution in [-0.4, -0.2) is 51.1 Å². The van der Waals surface area contributed by atoms with Crippen molar-refractivity contribution in [2.75, 3.05) is 13.7 Å². The first-order valence-electron chi connectivity index (χ1n) is 13.0. The molecular weight excluding hydrogens is 494 g/mol. The Labute approximate surface area is 226 Å². The van der Waals surface area contributed by atoms with Crippen LogP contribution in [0.2, 0.25) is 5.04 Å². The Hall–Kier alpha value is -3.42. The fourth-order valence-electron chi connectivity index (χ4n) is 5.48. The maximum absolute atomic E-state index is 13.3. The van der Waals surface area contributed by atoms with Gasteiger partial charge in [-0.3, -0.25) is 4.90 Å². The van der Waals surface area contributed by atoms with Crippen molar-refractivity contribution in [1.82, 2.24) is 4.90 Å². The summed E-state index contributed by atoms with van der Waals surface area (Å²) in [5.41, 5.74) is 0.878. The van der Waals surface area contributed by atoms with Crippen LogP contribution in [0.1, 0.15) is 33.3 Å². The van der Waals surface area contributed by atoms with Crippen molar-refractivity contribution in [2.45, 2.75) is 51.5 Å². The average Bonchev–Trinajstić information content (AvgIpc) is 3.26. The number of benzene rings is 3. The van der Waals surface area contributed by atoms with Gasteiger partial charge in [-0.25, -0.2) is 9.59 Å². The predicted octanol–water partition coefficient (Wildman–Crippen LogP) is 4.76. The van der Waals surface area contributed by atoms with Gasteiger partial charge in [0.25, 0.3) is 8.32 Å². The van der Waals surface area contributed by atoms with Crippen LogP contribution in [0.4, 0.5) is 4.79 Å². The van der Waals surface area contributed by atoms with Gasteiger partial charge in [-0.05, 0) is 21.0 Å². The SMILES string of the molecule is COC(=O)[C@@H]1[C@@H](C)[C@H](O[Si](c2ccccc2)(c2ccccc2)C(C)(C)C)CN1C(=O)OCc1ccccc1. The van der Waals surface area contributed by atoms with Gasteiger partial charge in [-0.2, -0.15) is 0 Å². The smallest absolute Gasteiger partial charge is 0.410 e. The fraction of sp³-hybridized carbons (Fsp3) is 0.355. The third-order valence-electron chi connectivity index (χ3n) is 7.42. The molecule has 0 spiro atoms. The van der Waals surface area contributed by atoms with Crippen molar-refractivity contribution in [3.05, 3.63) is 96.6 Å². The lowest BCUT2D eigenvalue weighted by atomic mass is 10.0. The van der Waals surface area contributed by atoms with Gasteiger partial charge in [-0.15, -0.1) is 0 Å². The normalized spacial score (nSPS) is 19.7. The molecule has 1 saturated heterocycles. The molecule has 1 amide bonds. The Bertz CT molecular complexity index is 1170. The van der Waals surface area contributed by atoms with Crippen LogP contribution in [0.3, 0.4) is 0 Å². The molecule has 38 heavy (non-hydrogen) atoms. The van der Waals surface area contributed by atoms with Gasteiger partial charge in [0.2, 0.25) is 0 Å². The van der Waals surface area contributed by atoms with Crippen LogP contribution in [0.25, 0.3) is 0 Å². The summed E-state index contributed by atoms with van der Waals surface area (Å²) in [6, 6.07) is 29.4. The first-order chi connectivity index (χ1) is 18.2. The molecule has 4 rings (SSSR count). The number of hydrogen-bond acceptors (Lipinski definition) is 5. The molecule has 0 saturated carbocycles. The molecule has 3 aromatic carbocycles. The van der Waals surface area contributed by atoms with E-state index >= 15 is 0 Å². The minimum Gasteiger partial charge on any atom is -0.467 e. The fourth-order valence-corrected chi connectivity index (χ4v) is 10.2. The van der Waals surface area contributed by atoms with Crippen LogP contribution in [-0.2, 0) is 25.3 Å². The summed E-state index contributed by atoms with van der Waals surface area (Å²) < 4.78 is 18.1. The molecule has 1 aliphatic heterocycles. The van der Waals surface area contributed by atoms with E-state index in [1.54, 1.807) is 0 Å². The van der Waals surface area contributed by atoms with E-state index in [4.69, 9.17) is 13.9 Å². The van der Waals surface area contributed by atoms with Gasteiger partial charge in [-0.1, -0.05) is 119 Å². The average molecular weight is 532 g/mol. The third-order valence-corrected chi connectivity index (χ3v) is 12.5. The number of carbonyl (C=O) groups is 2. The zero-order valence-corrected chi connectivity index (χ0v) is 23.8. The minimum absolute atomic E-state index is 0.124. The lowest BCUT2D eigenvalue weighted by Crippen LogP contribution is -2.68. The van der Waals surface area contributed by atoms with Crippen molar-refractivity contribution in [3.63, 3.8) is 0 Å². The number of likely N-dealkylation sites (tertiary alicyclic amines) is 1. The predicted molar refractivity (Wildman–Crippen MR) is 151 cm³/mol. The summed E-state index contributed by atoms with van der Waals surface area (Å²) >= 11 is 0. The lowest BCUT2D eigenvalue weighted by molar-refractivity contribution is -0.146. The molecule has 0 radical (unpaired) electrons. The highest BCUT2D eigenvalue weighted by Gasteiger charge is 2.56. The van der Waals surface area contributed by atoms with E-state index in [-0.39, 0.29) is 24.1 Å². The van der Waals surface area contributed by atoms with Crippen molar-refractivity contribution < 1.29 is 23.5 Å². The van der Waals surface area contributed by atoms with E-state index < -0.39 is 32.5 Å². The molecule has 7 heteroatoms. The largest absolute Gasteiger partial charge is 0.467 e. The van der Waals surface area contributed by atoms with E-state index in [1.807, 2.05) is 73.7 Å². The molecular formula is C31H37NO5Si. The molecule has 0 bridgehead atoms. The standard InChI is InChI=1S/C31H37NO5Si/c1-23-27(21-32(28(23)29(33)35-5)30(34)36-22-24-15-9-6-10-16-24)37-38(31(2,3)4,25-17-11-7-12-18-25)26-19-13-8-14-20-26/h6-20,23,27-28H,21-22H2,1-5H3/t23-,27+,28-/m0/s1. The minimum atomic E-state index is -2.90. The zero-order valence-electron chi connectivity index (χ0n) is 22.8. The maximum Gasteiger partial charge on any atom is 0.410 e.